The summed E-state index contributed by atoms with van der Waals surface area (Å²) in [4.78, 5) is 37.0. The zero-order valence-corrected chi connectivity index (χ0v) is 14.6. The molecule has 8 heteroatoms. The maximum Gasteiger partial charge on any atom is 0.345 e. The molecule has 0 spiro atoms. The fourth-order valence-corrected chi connectivity index (χ4v) is 2.39. The molecule has 2 aromatic rings. The largest absolute Gasteiger partial charge is 0.462 e. The number of hydrogen-bond acceptors (Lipinski definition) is 4. The topological polar surface area (TPSA) is 70.3 Å². The molecule has 0 aliphatic carbocycles. The molecule has 2 rings (SSSR count). The summed E-state index contributed by atoms with van der Waals surface area (Å²) in [7, 11) is 0. The van der Waals surface area contributed by atoms with Gasteiger partial charge in [0.1, 0.15) is 11.4 Å². The van der Waals surface area contributed by atoms with Crippen LogP contribution in [0.15, 0.2) is 40.1 Å². The molecule has 6 nitrogen and oxygen atoms in total. The molecule has 0 saturated heterocycles. The molecule has 0 amide bonds. The zero-order chi connectivity index (χ0) is 17.1. The number of carbonyl (C=O) groups excluding carboxylic acids is 1. The van der Waals surface area contributed by atoms with E-state index in [0.717, 1.165) is 16.7 Å². The summed E-state index contributed by atoms with van der Waals surface area (Å²) in [6.07, 6.45) is 1.19. The highest BCUT2D eigenvalue weighted by molar-refractivity contribution is 14.1. The molecule has 0 fully saturated rings. The summed E-state index contributed by atoms with van der Waals surface area (Å²) in [5.74, 6) is -1.30. The van der Waals surface area contributed by atoms with Crippen LogP contribution in [0.5, 0.6) is 0 Å². The van der Waals surface area contributed by atoms with Gasteiger partial charge >= 0.3 is 11.7 Å². The average Bonchev–Trinajstić information content (AvgIpc) is 2.49. The molecule has 1 atom stereocenters. The molecule has 0 N–H and O–H groups in total. The summed E-state index contributed by atoms with van der Waals surface area (Å²) in [5, 5.41) is 0. The predicted molar refractivity (Wildman–Crippen MR) is 90.9 cm³/mol. The van der Waals surface area contributed by atoms with E-state index in [0.29, 0.717) is 0 Å². The van der Waals surface area contributed by atoms with Crippen LogP contribution in [-0.4, -0.2) is 21.7 Å². The predicted octanol–water partition coefficient (Wildman–Crippen LogP) is 2.27. The number of hydrogen-bond donors (Lipinski definition) is 0. The molecule has 0 aliphatic heterocycles. The minimum Gasteiger partial charge on any atom is -0.462 e. The van der Waals surface area contributed by atoms with E-state index in [2.05, 4.69) is 0 Å². The van der Waals surface area contributed by atoms with Crippen LogP contribution in [0.3, 0.4) is 0 Å². The molecule has 0 aliphatic rings. The molecule has 1 heterocycles. The molecule has 23 heavy (non-hydrogen) atoms. The molecular formula is C15H14FIN2O4. The van der Waals surface area contributed by atoms with Gasteiger partial charge in [-0.05, 0) is 38.1 Å². The third-order valence-corrected chi connectivity index (χ3v) is 3.68. The standard InChI is InChI=1S/C15H14FIN2O4/c1-3-23-14(21)12-8-18(9(2)17)15(22)19(13(12)20)11-6-4-10(16)5-7-11/h4-9H,3H2,1-2H3. The van der Waals surface area contributed by atoms with Crippen molar-refractivity contribution in [2.24, 2.45) is 0 Å². The number of esters is 1. The molecule has 1 aromatic carbocycles. The van der Waals surface area contributed by atoms with Gasteiger partial charge < -0.3 is 4.74 Å². The average molecular weight is 432 g/mol. The van der Waals surface area contributed by atoms with Crippen molar-refractivity contribution in [2.75, 3.05) is 6.61 Å². The van der Waals surface area contributed by atoms with Gasteiger partial charge in [0.25, 0.3) is 5.56 Å². The summed E-state index contributed by atoms with van der Waals surface area (Å²) in [6.45, 7) is 3.46. The number of halogens is 2. The third kappa shape index (κ3) is 3.52. The fraction of sp³-hybridized carbons (Fsp3) is 0.267. The van der Waals surface area contributed by atoms with E-state index in [-0.39, 0.29) is 21.9 Å². The van der Waals surface area contributed by atoms with Gasteiger partial charge in [-0.1, -0.05) is 22.6 Å². The summed E-state index contributed by atoms with van der Waals surface area (Å²) < 4.78 is 19.7. The van der Waals surface area contributed by atoms with Crippen molar-refractivity contribution >= 4 is 28.6 Å². The Morgan fingerprint density at radius 3 is 2.43 bits per heavy atom. The molecule has 1 aromatic heterocycles. The van der Waals surface area contributed by atoms with E-state index in [9.17, 15) is 18.8 Å². The molecule has 122 valence electrons. The van der Waals surface area contributed by atoms with E-state index < -0.39 is 23.0 Å². The number of aromatic nitrogens is 2. The smallest absolute Gasteiger partial charge is 0.345 e. The Labute approximate surface area is 144 Å². The van der Waals surface area contributed by atoms with Crippen LogP contribution < -0.4 is 11.2 Å². The molecule has 0 radical (unpaired) electrons. The second-order valence-electron chi connectivity index (χ2n) is 4.64. The van der Waals surface area contributed by atoms with Gasteiger partial charge in [-0.2, -0.15) is 0 Å². The normalized spacial score (nSPS) is 12.0. The maximum atomic E-state index is 13.1. The first kappa shape index (κ1) is 17.4. The Hall–Kier alpha value is -1.97. The molecule has 0 bridgehead atoms. The number of rotatable bonds is 4. The lowest BCUT2D eigenvalue weighted by Gasteiger charge is -2.14. The van der Waals surface area contributed by atoms with Crippen molar-refractivity contribution in [3.05, 3.63) is 62.7 Å². The molecular weight excluding hydrogens is 418 g/mol. The van der Waals surface area contributed by atoms with E-state index in [4.69, 9.17) is 4.74 Å². The van der Waals surface area contributed by atoms with Crippen LogP contribution in [0.2, 0.25) is 0 Å². The van der Waals surface area contributed by atoms with E-state index in [1.54, 1.807) is 13.8 Å². The second kappa shape index (κ2) is 7.07. The van der Waals surface area contributed by atoms with Gasteiger partial charge in [0.05, 0.1) is 16.3 Å². The first-order valence-electron chi connectivity index (χ1n) is 6.82. The highest BCUT2D eigenvalue weighted by atomic mass is 127. The van der Waals surface area contributed by atoms with E-state index >= 15 is 0 Å². The first-order valence-corrected chi connectivity index (χ1v) is 8.06. The Kier molecular flexibility index (Phi) is 5.34. The SMILES string of the molecule is CCOC(=O)c1cn(C(C)I)c(=O)n(-c2ccc(F)cc2)c1=O. The van der Waals surface area contributed by atoms with E-state index in [1.165, 1.54) is 22.9 Å². The highest BCUT2D eigenvalue weighted by Crippen LogP contribution is 2.13. The summed E-state index contributed by atoms with van der Waals surface area (Å²) >= 11 is 1.98. The molecule has 1 unspecified atom stereocenters. The van der Waals surface area contributed by atoms with Gasteiger partial charge in [0, 0.05) is 6.20 Å². The first-order chi connectivity index (χ1) is 10.9. The van der Waals surface area contributed by atoms with Gasteiger partial charge in [-0.15, -0.1) is 0 Å². The fourth-order valence-electron chi connectivity index (χ4n) is 1.99. The summed E-state index contributed by atoms with van der Waals surface area (Å²) in [5.41, 5.74) is -1.48. The number of alkyl halides is 1. The Balaban J connectivity index is 2.79. The Bertz CT molecular complexity index is 840. The Morgan fingerprint density at radius 2 is 1.91 bits per heavy atom. The van der Waals surface area contributed by atoms with Crippen molar-refractivity contribution < 1.29 is 13.9 Å². The van der Waals surface area contributed by atoms with Crippen molar-refractivity contribution in [1.82, 2.24) is 9.13 Å². The quantitative estimate of drug-likeness (QED) is 0.423. The van der Waals surface area contributed by atoms with Crippen LogP contribution in [-0.2, 0) is 4.74 Å². The lowest BCUT2D eigenvalue weighted by molar-refractivity contribution is 0.0522. The van der Waals surface area contributed by atoms with Crippen LogP contribution >= 0.6 is 22.6 Å². The lowest BCUT2D eigenvalue weighted by Crippen LogP contribution is -2.41. The van der Waals surface area contributed by atoms with Crippen molar-refractivity contribution in [3.63, 3.8) is 0 Å². The van der Waals surface area contributed by atoms with Crippen molar-refractivity contribution in [1.29, 1.82) is 0 Å². The highest BCUT2D eigenvalue weighted by Gasteiger charge is 2.20. The number of carbonyl (C=O) groups is 1. The maximum absolute atomic E-state index is 13.1. The van der Waals surface area contributed by atoms with Crippen LogP contribution in [0.25, 0.3) is 5.69 Å². The number of nitrogens with zero attached hydrogens (tertiary/aromatic N) is 2. The number of ether oxygens (including phenoxy) is 1. The third-order valence-electron chi connectivity index (χ3n) is 3.08. The monoisotopic (exact) mass is 432 g/mol. The lowest BCUT2D eigenvalue weighted by atomic mass is 10.3. The minimum absolute atomic E-state index is 0.105. The summed E-state index contributed by atoms with van der Waals surface area (Å²) in [6, 6.07) is 4.87. The second-order valence-corrected chi connectivity index (χ2v) is 6.45. The zero-order valence-electron chi connectivity index (χ0n) is 12.5. The van der Waals surface area contributed by atoms with Gasteiger partial charge in [-0.3, -0.25) is 9.36 Å². The molecule has 0 saturated carbocycles. The minimum atomic E-state index is -0.806. The Morgan fingerprint density at radius 1 is 1.30 bits per heavy atom. The van der Waals surface area contributed by atoms with Crippen LogP contribution in [0.4, 0.5) is 4.39 Å². The number of benzene rings is 1. The van der Waals surface area contributed by atoms with E-state index in [1.807, 2.05) is 22.6 Å². The van der Waals surface area contributed by atoms with Gasteiger partial charge in [0.15, 0.2) is 0 Å². The van der Waals surface area contributed by atoms with Gasteiger partial charge in [-0.25, -0.2) is 18.5 Å². The van der Waals surface area contributed by atoms with Crippen molar-refractivity contribution in [2.45, 2.75) is 17.9 Å². The van der Waals surface area contributed by atoms with Crippen molar-refractivity contribution in [3.8, 4) is 5.69 Å². The van der Waals surface area contributed by atoms with Gasteiger partial charge in [0.2, 0.25) is 0 Å². The van der Waals surface area contributed by atoms with Crippen LogP contribution in [0, 0.1) is 5.82 Å². The van der Waals surface area contributed by atoms with Crippen LogP contribution in [0.1, 0.15) is 28.3 Å².